The van der Waals surface area contributed by atoms with Crippen molar-refractivity contribution in [1.82, 2.24) is 20.4 Å². The lowest BCUT2D eigenvalue weighted by atomic mass is 10.3. The summed E-state index contributed by atoms with van der Waals surface area (Å²) in [5.41, 5.74) is -2.97. The average Bonchev–Trinajstić information content (AvgIpc) is 2.84. The second kappa shape index (κ2) is 20.7. The number of carbonyl (C=O) groups excluding carboxylic acids is 3. The molecule has 0 fully saturated rings. The lowest BCUT2D eigenvalue weighted by Gasteiger charge is -2.24. The molecule has 19 heteroatoms. The molecule has 39 heavy (non-hydrogen) atoms. The third-order valence-corrected chi connectivity index (χ3v) is 4.15. The fourth-order valence-electron chi connectivity index (χ4n) is 1.72. The molecule has 2 N–H and O–H groups in total. The Bertz CT molecular complexity index is 696. The number of nitrogens with one attached hydrogen (secondary N) is 2. The Labute approximate surface area is 224 Å². The van der Waals surface area contributed by atoms with Crippen LogP contribution in [0, 0.1) is 0 Å². The van der Waals surface area contributed by atoms with E-state index in [0.717, 1.165) is 39.1 Å². The Balaban J connectivity index is -0.000000218. The molecule has 0 aliphatic rings. The molecule has 3 amide bonds. The molecule has 0 aromatic heterocycles. The van der Waals surface area contributed by atoms with Crippen molar-refractivity contribution in [2.75, 3.05) is 47.3 Å². The van der Waals surface area contributed by atoms with Crippen LogP contribution < -0.4 is 10.6 Å². The number of hydrogen-bond acceptors (Lipinski definition) is 4. The van der Waals surface area contributed by atoms with Gasteiger partial charge in [-0.15, -0.1) is 0 Å². The number of alkyl halides is 12. The minimum atomic E-state index is -4.57. The van der Waals surface area contributed by atoms with Crippen molar-refractivity contribution < 1.29 is 62.7 Å². The molecule has 0 aliphatic carbocycles. The Morgan fingerprint density at radius 2 is 1.08 bits per heavy atom. The Kier molecular flexibility index (Phi) is 23.4. The Hall–Kier alpha value is -2.11. The average molecular weight is 623 g/mol. The third kappa shape index (κ3) is 16.6. The standard InChI is InChI=1S/C7H11ClF3NO.C5H7F4NO.C4H5F4NO.C4H11N/c1-3-12(4-2)6(13)7(10,11)5(8)9;1-10(2)4(11)5(8,9)3(6)7;1-9-3(10)4(7,8)2(5)6;1-3-5-4-2/h5H,3-4H2,1-2H3;3H,1-2H3;2H,1H3,(H,9,10);5H,3-4H2,1-2H3. The summed E-state index contributed by atoms with van der Waals surface area (Å²) in [5.74, 6) is -18.7. The summed E-state index contributed by atoms with van der Waals surface area (Å²) < 4.78 is 130. The highest BCUT2D eigenvalue weighted by Gasteiger charge is 2.50. The van der Waals surface area contributed by atoms with Gasteiger partial charge in [-0.3, -0.25) is 14.4 Å². The van der Waals surface area contributed by atoms with Crippen LogP contribution in [0.4, 0.5) is 48.3 Å². The van der Waals surface area contributed by atoms with Gasteiger partial charge in [-0.05, 0) is 26.9 Å². The van der Waals surface area contributed by atoms with Crippen LogP contribution in [0.1, 0.15) is 27.7 Å². The predicted molar refractivity (Wildman–Crippen MR) is 123 cm³/mol. The molecular formula is C20H34ClF11N4O3. The Morgan fingerprint density at radius 1 is 0.718 bits per heavy atom. The zero-order valence-corrected chi connectivity index (χ0v) is 23.0. The molecular weight excluding hydrogens is 589 g/mol. The van der Waals surface area contributed by atoms with Crippen LogP contribution in [-0.2, 0) is 14.4 Å². The molecule has 236 valence electrons. The van der Waals surface area contributed by atoms with Crippen LogP contribution in [-0.4, -0.2) is 111 Å². The number of halogens is 12. The largest absolute Gasteiger partial charge is 0.383 e. The smallest absolute Gasteiger partial charge is 0.354 e. The summed E-state index contributed by atoms with van der Waals surface area (Å²) >= 11 is 4.56. The van der Waals surface area contributed by atoms with E-state index in [2.05, 4.69) is 30.8 Å². The van der Waals surface area contributed by atoms with Crippen LogP contribution in [0.5, 0.6) is 0 Å². The zero-order valence-electron chi connectivity index (χ0n) is 22.2. The summed E-state index contributed by atoms with van der Waals surface area (Å²) in [6, 6.07) is 0. The number of carbonyl (C=O) groups is 3. The van der Waals surface area contributed by atoms with Crippen molar-refractivity contribution in [3.63, 3.8) is 0 Å². The highest BCUT2D eigenvalue weighted by Crippen LogP contribution is 2.27. The van der Waals surface area contributed by atoms with Crippen LogP contribution in [0.2, 0.25) is 0 Å². The van der Waals surface area contributed by atoms with Gasteiger partial charge in [0.1, 0.15) is 0 Å². The van der Waals surface area contributed by atoms with Crippen molar-refractivity contribution in [3.05, 3.63) is 0 Å². The number of hydrogen-bond donors (Lipinski definition) is 2. The van der Waals surface area contributed by atoms with E-state index < -0.39 is 54.0 Å². The minimum Gasteiger partial charge on any atom is -0.354 e. The van der Waals surface area contributed by atoms with E-state index in [4.69, 9.17) is 0 Å². The van der Waals surface area contributed by atoms with Gasteiger partial charge < -0.3 is 20.4 Å². The molecule has 0 heterocycles. The topological polar surface area (TPSA) is 81.8 Å². The monoisotopic (exact) mass is 622 g/mol. The molecule has 0 saturated heterocycles. The van der Waals surface area contributed by atoms with E-state index in [1.807, 2.05) is 0 Å². The van der Waals surface area contributed by atoms with Crippen molar-refractivity contribution in [2.24, 2.45) is 0 Å². The van der Waals surface area contributed by atoms with Gasteiger partial charge in [-0.25, -0.2) is 22.0 Å². The quantitative estimate of drug-likeness (QED) is 0.282. The van der Waals surface area contributed by atoms with Gasteiger partial charge in [0.2, 0.25) is 5.63 Å². The summed E-state index contributed by atoms with van der Waals surface area (Å²) in [4.78, 5) is 32.4. The normalized spacial score (nSPS) is 12.1. The molecule has 7 nitrogen and oxygen atoms in total. The maximum Gasteiger partial charge on any atom is 0.383 e. The molecule has 0 spiro atoms. The van der Waals surface area contributed by atoms with E-state index in [0.29, 0.717) is 4.90 Å². The summed E-state index contributed by atoms with van der Waals surface area (Å²) in [5, 5.41) is 4.53. The van der Waals surface area contributed by atoms with Crippen molar-refractivity contribution >= 4 is 29.3 Å². The van der Waals surface area contributed by atoms with Crippen molar-refractivity contribution in [2.45, 2.75) is 63.9 Å². The first-order chi connectivity index (χ1) is 17.5. The molecule has 1 atom stereocenters. The number of rotatable bonds is 10. The molecule has 1 unspecified atom stereocenters. The Morgan fingerprint density at radius 3 is 1.21 bits per heavy atom. The second-order valence-electron chi connectivity index (χ2n) is 6.98. The third-order valence-electron chi connectivity index (χ3n) is 3.88. The van der Waals surface area contributed by atoms with Crippen LogP contribution in [0.15, 0.2) is 0 Å². The first-order valence-corrected chi connectivity index (χ1v) is 11.4. The highest BCUT2D eigenvalue weighted by atomic mass is 35.5. The fourth-order valence-corrected chi connectivity index (χ4v) is 1.82. The van der Waals surface area contributed by atoms with E-state index in [-0.39, 0.29) is 13.1 Å². The molecule has 0 aromatic carbocycles. The fraction of sp³-hybridized carbons (Fsp3) is 0.850. The maximum atomic E-state index is 12.7. The summed E-state index contributed by atoms with van der Waals surface area (Å²) in [6.45, 7) is 9.65. The maximum absolute atomic E-state index is 12.7. The summed E-state index contributed by atoms with van der Waals surface area (Å²) in [6.07, 6.45) is -7.90. The lowest BCUT2D eigenvalue weighted by molar-refractivity contribution is -0.178. The van der Waals surface area contributed by atoms with Crippen LogP contribution in [0.3, 0.4) is 0 Å². The minimum absolute atomic E-state index is 0.106. The molecule has 0 radical (unpaired) electrons. The van der Waals surface area contributed by atoms with Gasteiger partial charge in [-0.2, -0.15) is 26.3 Å². The summed E-state index contributed by atoms with van der Waals surface area (Å²) in [7, 11) is 2.83. The van der Waals surface area contributed by atoms with E-state index in [1.54, 1.807) is 0 Å². The van der Waals surface area contributed by atoms with Crippen LogP contribution in [0.25, 0.3) is 0 Å². The number of nitrogens with zero attached hydrogens (tertiary/aromatic N) is 2. The number of amides is 3. The van der Waals surface area contributed by atoms with Gasteiger partial charge in [0.15, 0.2) is 0 Å². The van der Waals surface area contributed by atoms with Gasteiger partial charge in [-0.1, -0.05) is 25.4 Å². The first kappa shape index (κ1) is 43.9. The molecule has 0 bridgehead atoms. The molecule has 0 rings (SSSR count). The van der Waals surface area contributed by atoms with E-state index in [9.17, 15) is 62.7 Å². The molecule has 0 aromatic rings. The van der Waals surface area contributed by atoms with E-state index >= 15 is 0 Å². The van der Waals surface area contributed by atoms with Gasteiger partial charge >= 0.3 is 30.6 Å². The first-order valence-electron chi connectivity index (χ1n) is 10.9. The highest BCUT2D eigenvalue weighted by molar-refractivity contribution is 6.22. The van der Waals surface area contributed by atoms with Crippen molar-refractivity contribution in [3.8, 4) is 0 Å². The van der Waals surface area contributed by atoms with Gasteiger partial charge in [0.05, 0.1) is 0 Å². The second-order valence-corrected chi connectivity index (χ2v) is 7.37. The van der Waals surface area contributed by atoms with Crippen LogP contribution >= 0.6 is 11.6 Å². The molecule has 0 aliphatic heterocycles. The van der Waals surface area contributed by atoms with Gasteiger partial charge in [0, 0.05) is 34.2 Å². The zero-order chi connectivity index (χ0) is 32.4. The van der Waals surface area contributed by atoms with Crippen molar-refractivity contribution in [1.29, 1.82) is 0 Å². The van der Waals surface area contributed by atoms with E-state index in [1.165, 1.54) is 19.2 Å². The SMILES string of the molecule is CCN(CC)C(=O)C(F)(F)C(F)Cl.CCNCC.CN(C)C(=O)C(F)(F)C(F)F.CNC(=O)C(F)(F)C(F)F. The predicted octanol–water partition coefficient (Wildman–Crippen LogP) is 4.25. The molecule has 0 saturated carbocycles. The van der Waals surface area contributed by atoms with Gasteiger partial charge in [0.25, 0.3) is 17.7 Å². The lowest BCUT2D eigenvalue weighted by Crippen LogP contribution is -2.47.